The highest BCUT2D eigenvalue weighted by Gasteiger charge is 2.42. The number of aliphatic carboxylic acids is 1. The molecule has 0 aliphatic heterocycles. The van der Waals surface area contributed by atoms with Crippen LogP contribution in [0.2, 0.25) is 0 Å². The second-order valence-corrected chi connectivity index (χ2v) is 198. The summed E-state index contributed by atoms with van der Waals surface area (Å²) in [5, 5.41) is 28.3. The molecule has 11 nitrogen and oxygen atoms in total. The number of para-hydroxylation sites is 1. The van der Waals surface area contributed by atoms with Crippen molar-refractivity contribution in [1.29, 1.82) is 0 Å². The fraction of sp³-hybridized carbons (Fsp3) is 0.628. The van der Waals surface area contributed by atoms with E-state index in [-0.39, 0.29) is 155 Å². The number of sulfonamides is 1. The summed E-state index contributed by atoms with van der Waals surface area (Å²) in [6.45, 7) is 16.8. The van der Waals surface area contributed by atoms with Crippen LogP contribution in [-0.2, 0) is 19.6 Å². The summed E-state index contributed by atoms with van der Waals surface area (Å²) < 4.78 is 31.3. The highest BCUT2D eigenvalue weighted by Crippen LogP contribution is 3.30. The van der Waals surface area contributed by atoms with Crippen LogP contribution in [0.4, 0.5) is 5.69 Å². The van der Waals surface area contributed by atoms with Gasteiger partial charge in [0.05, 0.1) is 17.0 Å². The molecule has 0 radical (unpaired) electrons. The molecule has 1 amide bonds. The molecule has 0 aromatic heterocycles. The smallest absolute Gasteiger partial charge is 0.303 e. The summed E-state index contributed by atoms with van der Waals surface area (Å²) in [5.74, 6) is -0.228. The third-order valence-electron chi connectivity index (χ3n) is 12.8. The Morgan fingerprint density at radius 2 is 0.893 bits per heavy atom. The van der Waals surface area contributed by atoms with Crippen molar-refractivity contribution in [3.05, 3.63) is 78.0 Å². The number of carboxylic acids is 1. The Morgan fingerprint density at radius 3 is 1.20 bits per heavy atom. The molecule has 103 heavy (non-hydrogen) atoms. The molecule has 32 atom stereocenters. The number of likely N-dealkylation sites (N-methyl/N-ethyl adjacent to an activating group) is 2. The number of aliphatic hydroxyl groups excluding tert-OH is 1. The summed E-state index contributed by atoms with van der Waals surface area (Å²) in [7, 11) is 78.7. The number of rotatable bonds is 43. The molecule has 0 heterocycles. The maximum atomic E-state index is 13.1. The van der Waals surface area contributed by atoms with Crippen molar-refractivity contribution >= 4 is 445 Å². The first-order valence-electron chi connectivity index (χ1n) is 30.3. The summed E-state index contributed by atoms with van der Waals surface area (Å²) in [6, 6.07) is 5.15. The minimum absolute atomic E-state index is 0.0415. The van der Waals surface area contributed by atoms with Crippen LogP contribution in [0.5, 0.6) is 0 Å². The summed E-state index contributed by atoms with van der Waals surface area (Å²) >= 11 is 4.33. The van der Waals surface area contributed by atoms with Gasteiger partial charge in [-0.05, 0) is 205 Å². The predicted molar refractivity (Wildman–Crippen MR) is 643 cm³/mol. The van der Waals surface area contributed by atoms with E-state index in [1.807, 2.05) is 53.0 Å². The van der Waals surface area contributed by atoms with E-state index in [0.29, 0.717) is 25.7 Å². The Kier molecular flexibility index (Phi) is 99.5. The largest absolute Gasteiger partial charge is 0.481 e. The number of halogens is 2. The van der Waals surface area contributed by atoms with Crippen LogP contribution >= 0.6 is 417 Å². The van der Waals surface area contributed by atoms with Crippen LogP contribution in [0, 0.1) is 22.0 Å². The van der Waals surface area contributed by atoms with Crippen LogP contribution in [0.3, 0.4) is 0 Å². The molecule has 0 aliphatic rings. The number of nitro groups is 1. The van der Waals surface area contributed by atoms with E-state index in [4.69, 9.17) is 10.2 Å². The Hall–Kier alpha value is 17.6. The first-order valence-corrected chi connectivity index (χ1v) is 116. The van der Waals surface area contributed by atoms with Gasteiger partial charge in [-0.1, -0.05) is 182 Å². The lowest BCUT2D eigenvalue weighted by atomic mass is 9.93. The van der Waals surface area contributed by atoms with Gasteiger partial charge in [0, 0.05) is 39.6 Å². The minimum atomic E-state index is -4.03. The molecule has 1 aromatic carbocycles. The molecule has 0 bridgehead atoms. The lowest BCUT2D eigenvalue weighted by molar-refractivity contribution is -0.387. The average molecular weight is 2520 g/mol. The number of nitrogens with zero attached hydrogens (tertiary/aromatic N) is 3. The zero-order valence-electron chi connectivity index (χ0n) is 59.8. The van der Waals surface area contributed by atoms with Crippen molar-refractivity contribution in [2.45, 2.75) is 149 Å². The van der Waals surface area contributed by atoms with Crippen molar-refractivity contribution in [1.82, 2.24) is 9.21 Å². The average Bonchev–Trinajstić information content (AvgIpc) is 0.797. The Morgan fingerprint density at radius 1 is 0.544 bits per heavy atom. The number of carbonyl (C=O) groups excluding carboxylic acids is 1. The van der Waals surface area contributed by atoms with E-state index >= 15 is 0 Å². The fourth-order valence-corrected chi connectivity index (χ4v) is 500. The first kappa shape index (κ1) is 129. The number of carbonyl (C=O) groups is 2. The lowest BCUT2D eigenvalue weighted by Gasteiger charge is -2.44. The fourth-order valence-electron chi connectivity index (χ4n) is 8.53. The second kappa shape index (κ2) is 79.4. The van der Waals surface area contributed by atoms with Gasteiger partial charge in [0.2, 0.25) is 15.9 Å². The van der Waals surface area contributed by atoms with Crippen molar-refractivity contribution in [3.8, 4) is 0 Å². The van der Waals surface area contributed by atoms with Gasteiger partial charge in [0.1, 0.15) is 0 Å². The lowest BCUT2D eigenvalue weighted by Crippen LogP contribution is -2.41. The van der Waals surface area contributed by atoms with Gasteiger partial charge in [-0.2, -0.15) is 4.31 Å². The van der Waals surface area contributed by atoms with Crippen LogP contribution in [0.15, 0.2) is 72.8 Å². The number of carboxylic acid groups (broad SMARTS) is 1. The van der Waals surface area contributed by atoms with E-state index in [1.54, 1.807) is 0 Å². The van der Waals surface area contributed by atoms with E-state index in [0.717, 1.165) is 72.9 Å². The molecule has 608 valence electrons. The molecule has 28 unspecified atom stereocenters. The summed E-state index contributed by atoms with van der Waals surface area (Å²) in [5.41, 5.74) is 1.76. The normalized spacial score (nSPS) is 14.4. The first-order chi connectivity index (χ1) is 47.8. The van der Waals surface area contributed by atoms with Crippen molar-refractivity contribution < 1.29 is 33.1 Å². The maximum Gasteiger partial charge on any atom is 0.303 e. The van der Waals surface area contributed by atoms with Crippen LogP contribution in [-0.4, -0.2) is 77.4 Å². The highest BCUT2D eigenvalue weighted by atomic mass is 127. The summed E-state index contributed by atoms with van der Waals surface area (Å²) in [4.78, 5) is 34.7. The molecule has 60 heteroatoms. The molecule has 0 saturated heterocycles. The monoisotopic (exact) mass is 2520 g/mol. The van der Waals surface area contributed by atoms with E-state index in [9.17, 15) is 28.1 Å². The topological polar surface area (TPSA) is 158 Å². The van der Waals surface area contributed by atoms with Gasteiger partial charge < -0.3 is 15.1 Å². The summed E-state index contributed by atoms with van der Waals surface area (Å²) in [6.07, 6.45) is 20.3. The van der Waals surface area contributed by atoms with Crippen molar-refractivity contribution in [3.63, 3.8) is 0 Å². The van der Waals surface area contributed by atoms with Crippen molar-refractivity contribution in [2.75, 3.05) is 20.7 Å². The van der Waals surface area contributed by atoms with Crippen molar-refractivity contribution in [2.24, 2.45) is 11.8 Å². The van der Waals surface area contributed by atoms with Crippen LogP contribution < -0.4 is 0 Å². The predicted octanol–water partition coefficient (Wildman–Crippen LogP) is 37.3. The molecule has 0 fully saturated rings. The zero-order valence-corrected chi connectivity index (χ0v) is 113. The second-order valence-electron chi connectivity index (χ2n) is 20.8. The van der Waals surface area contributed by atoms with Crippen LogP contribution in [0.25, 0.3) is 0 Å². The molecule has 1 aromatic rings. The van der Waals surface area contributed by atoms with Crippen LogP contribution in [0.1, 0.15) is 132 Å². The van der Waals surface area contributed by atoms with Gasteiger partial charge in [-0.15, -0.1) is 223 Å². The number of benzene rings is 1. The number of nitro benzene ring substituents is 1. The zero-order chi connectivity index (χ0) is 81.4. The Balaban J connectivity index is -0.000000384. The van der Waals surface area contributed by atoms with E-state index in [2.05, 4.69) is 308 Å². The van der Waals surface area contributed by atoms with E-state index in [1.165, 1.54) is 60.5 Å². The Bertz CT molecular complexity index is 2540. The SMILES string of the molecule is CC/C=C(\C)[C@H]([C@@H](C)/C=C/I)N(C)C(=O)CCCCCCO.CC/C=C(\C)[C@H]([C@@H](C)/C=C/I)N(C)S(=O)(=O)c1ccccc1[N+](=O)[O-].CCCCCCCC(=O)O.PP(P)P(P(P)P)P(P(P)P)P(P(P)P)P(P)P.PPP(P(P)P)P(P)P.PPP(P)P(P(P(P)P)P(P)P)P(P(P)P)P(P)P. The number of allylic oxidation sites excluding steroid dienone is 2. The van der Waals surface area contributed by atoms with Gasteiger partial charge in [-0.3, -0.25) is 19.7 Å². The molecule has 1 rings (SSSR count). The number of amides is 1. The van der Waals surface area contributed by atoms with Gasteiger partial charge >= 0.3 is 5.97 Å². The highest BCUT2D eigenvalue weighted by molar-refractivity contribution is 14.1. The molecule has 0 saturated carbocycles. The van der Waals surface area contributed by atoms with E-state index < -0.39 is 32.6 Å². The van der Waals surface area contributed by atoms with Gasteiger partial charge in [-0.25, -0.2) is 8.42 Å². The molecule has 0 aliphatic carbocycles. The minimum Gasteiger partial charge on any atom is -0.481 e. The standard InChI is InChI=1S/C18H32INO2.C17H23IN2O4S.C8H16O2.H21P19.H20P18.H11P9/c1-5-10-15(2)18(16(3)12-13-19)20(4)17(22)11-8-6-7-9-14-21;1-5-8-13(2)17(14(3)11-12-18)19(4)25(23,24)16-10-7-6-9-15(16)20(21)22;1-2-3-4-5-6-7-8(9)10;1-11-16(10)19(17(12(2)3)13(4)5)18(14(6)7)15(8)9;1-11(2)16(12(3)4)18(15(9)10)17(13(5)6)14(7)8;1-6-9(7(2)3)8(4)5/h10,12-13,16,18,21H,5-9,11,14H2,1-4H3;6-12,14,17H,5H2,1-4H3;2-7H2,1H3,(H,9,10);11H,1-10H2;1-10H2;6H,1-5H2/b13-12+,15-10+;12-11+,13-8+;;;;/t16-,18+;14-,17+;;;;/m00..../s1. The molecule has 0 spiro atoms. The third kappa shape index (κ3) is 59.6. The number of hydrogen-bond donors (Lipinski definition) is 2. The van der Waals surface area contributed by atoms with Gasteiger partial charge in [0.25, 0.3) is 5.69 Å². The maximum absolute atomic E-state index is 13.1. The van der Waals surface area contributed by atoms with Gasteiger partial charge in [0.15, 0.2) is 4.90 Å². The molecule has 2 N–H and O–H groups in total. The number of unbranched alkanes of at least 4 members (excludes halogenated alkanes) is 7. The number of hydrogen-bond acceptors (Lipinski definition) is 7. The Labute approximate surface area is 737 Å². The quantitative estimate of drug-likeness (QED) is 0.0163. The third-order valence-corrected chi connectivity index (χ3v) is 286. The molecular formula is C43H123I2N3O8P46S. The number of aliphatic hydroxyl groups is 1. The molecular weight excluding hydrogens is 2400 g/mol.